The number of rotatable bonds is 7. The van der Waals surface area contributed by atoms with Crippen LogP contribution in [0.15, 0.2) is 22.7 Å². The third-order valence-corrected chi connectivity index (χ3v) is 3.38. The standard InChI is InChI=1S/C12H11BrF2N2O5/c13-8-4-7(17(21)22)2-1-6(8)3-11(18)16-9(12(19)20)5-10(14)15/h1-2,4,9-10H,3,5H2,(H,16,18)(H,19,20). The molecular weight excluding hydrogens is 370 g/mol. The summed E-state index contributed by atoms with van der Waals surface area (Å²) in [5.74, 6) is -2.33. The maximum absolute atomic E-state index is 12.2. The SMILES string of the molecule is O=C(Cc1ccc([N+](=O)[O-])cc1Br)NC(CC(F)F)C(=O)O. The Kier molecular flexibility index (Phi) is 6.35. The summed E-state index contributed by atoms with van der Waals surface area (Å²) in [5, 5.41) is 21.3. The second-order valence-electron chi connectivity index (χ2n) is 4.29. The van der Waals surface area contributed by atoms with Crippen molar-refractivity contribution in [1.29, 1.82) is 0 Å². The van der Waals surface area contributed by atoms with E-state index in [2.05, 4.69) is 15.9 Å². The first-order chi connectivity index (χ1) is 10.2. The lowest BCUT2D eigenvalue weighted by atomic mass is 10.1. The monoisotopic (exact) mass is 380 g/mol. The number of aliphatic carboxylic acids is 1. The van der Waals surface area contributed by atoms with E-state index >= 15 is 0 Å². The molecule has 0 aliphatic carbocycles. The van der Waals surface area contributed by atoms with Gasteiger partial charge in [0.25, 0.3) is 5.69 Å². The normalized spacial score (nSPS) is 12.0. The summed E-state index contributed by atoms with van der Waals surface area (Å²) < 4.78 is 24.7. The van der Waals surface area contributed by atoms with Crippen LogP contribution in [0, 0.1) is 10.1 Å². The summed E-state index contributed by atoms with van der Waals surface area (Å²) in [6.45, 7) is 0. The zero-order valence-corrected chi connectivity index (χ0v) is 12.5. The molecule has 7 nitrogen and oxygen atoms in total. The average molecular weight is 381 g/mol. The number of carboxylic acid groups (broad SMARTS) is 1. The van der Waals surface area contributed by atoms with Crippen LogP contribution in [0.5, 0.6) is 0 Å². The van der Waals surface area contributed by atoms with Crippen LogP contribution < -0.4 is 5.32 Å². The van der Waals surface area contributed by atoms with Crippen LogP contribution in [0.3, 0.4) is 0 Å². The maximum Gasteiger partial charge on any atom is 0.326 e. The van der Waals surface area contributed by atoms with Crippen molar-refractivity contribution >= 4 is 33.5 Å². The fourth-order valence-corrected chi connectivity index (χ4v) is 2.12. The van der Waals surface area contributed by atoms with Gasteiger partial charge in [0, 0.05) is 23.0 Å². The van der Waals surface area contributed by atoms with Crippen molar-refractivity contribution in [3.8, 4) is 0 Å². The average Bonchev–Trinajstić information content (AvgIpc) is 2.39. The third kappa shape index (κ3) is 5.35. The van der Waals surface area contributed by atoms with E-state index in [-0.39, 0.29) is 16.6 Å². The van der Waals surface area contributed by atoms with Gasteiger partial charge in [-0.05, 0) is 5.56 Å². The van der Waals surface area contributed by atoms with Gasteiger partial charge in [0.2, 0.25) is 12.3 Å². The van der Waals surface area contributed by atoms with Gasteiger partial charge in [-0.3, -0.25) is 14.9 Å². The molecule has 0 bridgehead atoms. The lowest BCUT2D eigenvalue weighted by molar-refractivity contribution is -0.384. The minimum Gasteiger partial charge on any atom is -0.480 e. The van der Waals surface area contributed by atoms with E-state index in [9.17, 15) is 28.5 Å². The van der Waals surface area contributed by atoms with Crippen LogP contribution in [0.25, 0.3) is 0 Å². The molecule has 1 atom stereocenters. The summed E-state index contributed by atoms with van der Waals surface area (Å²) in [6, 6.07) is 2.01. The highest BCUT2D eigenvalue weighted by Gasteiger charge is 2.24. The smallest absolute Gasteiger partial charge is 0.326 e. The third-order valence-electron chi connectivity index (χ3n) is 2.65. The number of hydrogen-bond donors (Lipinski definition) is 2. The van der Waals surface area contributed by atoms with Crippen LogP contribution >= 0.6 is 15.9 Å². The first kappa shape index (κ1) is 18.0. The number of nitrogens with one attached hydrogen (secondary N) is 1. The fourth-order valence-electron chi connectivity index (χ4n) is 1.61. The molecular formula is C12H11BrF2N2O5. The number of carbonyl (C=O) groups is 2. The van der Waals surface area contributed by atoms with Crippen LogP contribution in [0.2, 0.25) is 0 Å². The second-order valence-corrected chi connectivity index (χ2v) is 5.15. The minimum atomic E-state index is -2.87. The lowest BCUT2D eigenvalue weighted by Crippen LogP contribution is -2.42. The van der Waals surface area contributed by atoms with Crippen LogP contribution in [0.1, 0.15) is 12.0 Å². The van der Waals surface area contributed by atoms with Gasteiger partial charge in [0.15, 0.2) is 0 Å². The largest absolute Gasteiger partial charge is 0.480 e. The molecule has 0 fully saturated rings. The molecule has 0 aromatic heterocycles. The van der Waals surface area contributed by atoms with Crippen molar-refractivity contribution in [3.05, 3.63) is 38.3 Å². The first-order valence-electron chi connectivity index (χ1n) is 5.94. The Morgan fingerprint density at radius 3 is 2.50 bits per heavy atom. The fraction of sp³-hybridized carbons (Fsp3) is 0.333. The van der Waals surface area contributed by atoms with Gasteiger partial charge >= 0.3 is 5.97 Å². The van der Waals surface area contributed by atoms with Crippen LogP contribution in [-0.2, 0) is 16.0 Å². The number of nitro groups is 1. The zero-order valence-electron chi connectivity index (χ0n) is 11.0. The van der Waals surface area contributed by atoms with Gasteiger partial charge in [0.05, 0.1) is 11.3 Å². The molecule has 22 heavy (non-hydrogen) atoms. The summed E-state index contributed by atoms with van der Waals surface area (Å²) >= 11 is 3.06. The number of carbonyl (C=O) groups excluding carboxylic acids is 1. The van der Waals surface area contributed by atoms with Gasteiger partial charge in [-0.25, -0.2) is 13.6 Å². The molecule has 0 radical (unpaired) electrons. The maximum atomic E-state index is 12.2. The molecule has 0 aliphatic heterocycles. The molecule has 0 aliphatic rings. The van der Waals surface area contributed by atoms with E-state index in [1.54, 1.807) is 0 Å². The summed E-state index contributed by atoms with van der Waals surface area (Å²) in [4.78, 5) is 32.4. The predicted octanol–water partition coefficient (Wildman–Crippen LogP) is 2.12. The molecule has 2 N–H and O–H groups in total. The van der Waals surface area contributed by atoms with E-state index in [4.69, 9.17) is 5.11 Å². The second kappa shape index (κ2) is 7.78. The molecule has 120 valence electrons. The topological polar surface area (TPSA) is 110 Å². The van der Waals surface area contributed by atoms with Crippen molar-refractivity contribution in [3.63, 3.8) is 0 Å². The van der Waals surface area contributed by atoms with Gasteiger partial charge < -0.3 is 10.4 Å². The number of nitro benzene ring substituents is 1. The Balaban J connectivity index is 2.75. The van der Waals surface area contributed by atoms with Gasteiger partial charge in [-0.2, -0.15) is 0 Å². The molecule has 0 saturated carbocycles. The van der Waals surface area contributed by atoms with E-state index < -0.39 is 35.7 Å². The van der Waals surface area contributed by atoms with E-state index in [0.717, 1.165) is 0 Å². The quantitative estimate of drug-likeness (QED) is 0.556. The minimum absolute atomic E-state index is 0.183. The molecule has 1 amide bonds. The van der Waals surface area contributed by atoms with Crippen molar-refractivity contribution in [2.75, 3.05) is 0 Å². The van der Waals surface area contributed by atoms with Crippen molar-refractivity contribution in [2.24, 2.45) is 0 Å². The number of benzene rings is 1. The molecule has 1 rings (SSSR count). The van der Waals surface area contributed by atoms with Crippen molar-refractivity contribution in [1.82, 2.24) is 5.32 Å². The number of nitrogens with zero attached hydrogens (tertiary/aromatic N) is 1. The zero-order chi connectivity index (χ0) is 16.9. The van der Waals surface area contributed by atoms with Crippen molar-refractivity contribution < 1.29 is 28.4 Å². The Hall–Kier alpha value is -2.10. The predicted molar refractivity (Wildman–Crippen MR) is 74.7 cm³/mol. The molecule has 0 saturated heterocycles. The Morgan fingerprint density at radius 1 is 1.41 bits per heavy atom. The van der Waals surface area contributed by atoms with E-state index in [1.165, 1.54) is 18.2 Å². The summed E-state index contributed by atoms with van der Waals surface area (Å²) in [5.41, 5.74) is 0.182. The Bertz CT molecular complexity index is 597. The highest BCUT2D eigenvalue weighted by molar-refractivity contribution is 9.10. The summed E-state index contributed by atoms with van der Waals surface area (Å²) in [7, 11) is 0. The number of halogens is 3. The highest BCUT2D eigenvalue weighted by atomic mass is 79.9. The summed E-state index contributed by atoms with van der Waals surface area (Å²) in [6.07, 6.45) is -4.17. The van der Waals surface area contributed by atoms with Crippen LogP contribution in [0.4, 0.5) is 14.5 Å². The molecule has 10 heteroatoms. The Labute approximate surface area is 131 Å². The van der Waals surface area contributed by atoms with E-state index in [0.29, 0.717) is 5.56 Å². The number of amides is 1. The van der Waals surface area contributed by atoms with Gasteiger partial charge in [-0.15, -0.1) is 0 Å². The lowest BCUT2D eigenvalue weighted by Gasteiger charge is -2.14. The molecule has 1 aromatic rings. The van der Waals surface area contributed by atoms with E-state index in [1.807, 2.05) is 5.32 Å². The molecule has 1 unspecified atom stereocenters. The Morgan fingerprint density at radius 2 is 2.05 bits per heavy atom. The van der Waals surface area contributed by atoms with Crippen LogP contribution in [-0.4, -0.2) is 34.4 Å². The van der Waals surface area contributed by atoms with Crippen molar-refractivity contribution in [2.45, 2.75) is 25.3 Å². The van der Waals surface area contributed by atoms with Gasteiger partial charge in [-0.1, -0.05) is 22.0 Å². The molecule has 1 aromatic carbocycles. The molecule has 0 spiro atoms. The number of alkyl halides is 2. The number of hydrogen-bond acceptors (Lipinski definition) is 4. The first-order valence-corrected chi connectivity index (χ1v) is 6.73. The highest BCUT2D eigenvalue weighted by Crippen LogP contribution is 2.23. The van der Waals surface area contributed by atoms with Gasteiger partial charge in [0.1, 0.15) is 6.04 Å². The number of non-ortho nitro benzene ring substituents is 1. The number of carboxylic acids is 1. The molecule has 0 heterocycles.